The van der Waals surface area contributed by atoms with Crippen LogP contribution < -0.4 is 0 Å². The van der Waals surface area contributed by atoms with Crippen LogP contribution in [0.4, 0.5) is 0 Å². The molecule has 144 valence electrons. The van der Waals surface area contributed by atoms with Crippen molar-refractivity contribution in [2.75, 3.05) is 0 Å². The van der Waals surface area contributed by atoms with E-state index >= 15 is 0 Å². The third kappa shape index (κ3) is 3.77. The number of hydrogen-bond acceptors (Lipinski definition) is 0. The van der Waals surface area contributed by atoms with Crippen molar-refractivity contribution >= 4 is 6.08 Å². The molecule has 0 aliphatic heterocycles. The molecule has 0 amide bonds. The Bertz CT molecular complexity index is 876. The molecule has 0 heteroatoms. The van der Waals surface area contributed by atoms with Gasteiger partial charge in [0.15, 0.2) is 0 Å². The molecule has 0 heterocycles. The Hall–Kier alpha value is -1.82. The van der Waals surface area contributed by atoms with Gasteiger partial charge in [-0.2, -0.15) is 0 Å². The Balaban J connectivity index is 2.31. The van der Waals surface area contributed by atoms with Crippen molar-refractivity contribution in [1.29, 1.82) is 0 Å². The maximum Gasteiger partial charge on any atom is -0.00550 e. The highest BCUT2D eigenvalue weighted by atomic mass is 14.3. The van der Waals surface area contributed by atoms with Crippen LogP contribution in [0, 0.1) is 13.8 Å². The molecule has 1 aliphatic carbocycles. The monoisotopic (exact) mass is 360 g/mol. The predicted octanol–water partition coefficient (Wildman–Crippen LogP) is 7.91. The van der Waals surface area contributed by atoms with E-state index < -0.39 is 0 Å². The molecule has 0 atom stereocenters. The van der Waals surface area contributed by atoms with E-state index in [4.69, 9.17) is 0 Å². The van der Waals surface area contributed by atoms with Crippen molar-refractivity contribution in [2.45, 2.75) is 86.0 Å². The van der Waals surface area contributed by atoms with Crippen molar-refractivity contribution < 1.29 is 0 Å². The summed E-state index contributed by atoms with van der Waals surface area (Å²) < 4.78 is 0. The largest absolute Gasteiger partial charge is 0.0654 e. The van der Waals surface area contributed by atoms with Gasteiger partial charge in [0.2, 0.25) is 0 Å². The highest BCUT2D eigenvalue weighted by Gasteiger charge is 2.24. The van der Waals surface area contributed by atoms with Gasteiger partial charge in [0.1, 0.15) is 0 Å². The zero-order valence-electron chi connectivity index (χ0n) is 18.8. The number of aryl methyl sites for hydroxylation is 1. The Labute approximate surface area is 166 Å². The second-order valence-corrected chi connectivity index (χ2v) is 10.4. The van der Waals surface area contributed by atoms with Crippen LogP contribution in [0.3, 0.4) is 0 Å². The van der Waals surface area contributed by atoms with Crippen LogP contribution in [0.2, 0.25) is 0 Å². The zero-order valence-corrected chi connectivity index (χ0v) is 18.8. The molecule has 0 N–H and O–H groups in total. The summed E-state index contributed by atoms with van der Waals surface area (Å²) in [5.41, 5.74) is 13.4. The van der Waals surface area contributed by atoms with E-state index in [9.17, 15) is 0 Å². The lowest BCUT2D eigenvalue weighted by Gasteiger charge is -2.27. The molecule has 0 saturated heterocycles. The SMILES string of the molecule is CCC1=Cc2c(-c3cc(C(C)(C)C)cc(C(C)(C)C)c3)cc(C)c(C)c2C1. The minimum absolute atomic E-state index is 0.142. The molecule has 27 heavy (non-hydrogen) atoms. The second kappa shape index (κ2) is 6.66. The summed E-state index contributed by atoms with van der Waals surface area (Å²) in [6.45, 7) is 20.7. The summed E-state index contributed by atoms with van der Waals surface area (Å²) in [4.78, 5) is 0. The molecule has 0 spiro atoms. The van der Waals surface area contributed by atoms with Gasteiger partial charge in [-0.1, -0.05) is 84.4 Å². The number of hydrogen-bond donors (Lipinski definition) is 0. The third-order valence-electron chi connectivity index (χ3n) is 6.20. The van der Waals surface area contributed by atoms with Crippen molar-refractivity contribution in [1.82, 2.24) is 0 Å². The van der Waals surface area contributed by atoms with Crippen molar-refractivity contribution in [3.05, 3.63) is 63.2 Å². The fourth-order valence-corrected chi connectivity index (χ4v) is 3.99. The summed E-state index contributed by atoms with van der Waals surface area (Å²) in [5, 5.41) is 0. The van der Waals surface area contributed by atoms with Gasteiger partial charge < -0.3 is 0 Å². The molecule has 0 unspecified atom stereocenters. The topological polar surface area (TPSA) is 0 Å². The van der Waals surface area contributed by atoms with Gasteiger partial charge in [0.05, 0.1) is 0 Å². The average molecular weight is 361 g/mol. The number of benzene rings is 2. The first kappa shape index (κ1) is 19.9. The van der Waals surface area contributed by atoms with E-state index in [1.54, 1.807) is 11.1 Å². The molecular weight excluding hydrogens is 324 g/mol. The smallest absolute Gasteiger partial charge is 0.00550 e. The lowest BCUT2D eigenvalue weighted by molar-refractivity contribution is 0.569. The lowest BCUT2D eigenvalue weighted by atomic mass is 9.78. The predicted molar refractivity (Wildman–Crippen MR) is 121 cm³/mol. The standard InChI is InChI=1S/C27H36/c1-10-19-12-23-18(3)17(2)11-24(25(23)13-19)20-14-21(26(4,5)6)16-22(15-20)27(7,8)9/h11,13-16H,10,12H2,1-9H3. The molecule has 2 aromatic rings. The summed E-state index contributed by atoms with van der Waals surface area (Å²) in [5.74, 6) is 0. The quantitative estimate of drug-likeness (QED) is 0.510. The Morgan fingerprint density at radius 3 is 1.85 bits per heavy atom. The molecule has 3 rings (SSSR count). The van der Waals surface area contributed by atoms with E-state index in [0.29, 0.717) is 0 Å². The number of allylic oxidation sites excluding steroid dienone is 1. The Morgan fingerprint density at radius 1 is 0.815 bits per heavy atom. The van der Waals surface area contributed by atoms with Crippen LogP contribution in [0.15, 0.2) is 29.8 Å². The molecule has 0 bridgehead atoms. The lowest BCUT2D eigenvalue weighted by Crippen LogP contribution is -2.16. The van der Waals surface area contributed by atoms with E-state index in [-0.39, 0.29) is 10.8 Å². The van der Waals surface area contributed by atoms with E-state index in [1.807, 2.05) is 0 Å². The highest BCUT2D eigenvalue weighted by Crippen LogP contribution is 2.41. The fraction of sp³-hybridized carbons (Fsp3) is 0.481. The van der Waals surface area contributed by atoms with Crippen molar-refractivity contribution in [3.63, 3.8) is 0 Å². The first-order chi connectivity index (χ1) is 12.4. The van der Waals surface area contributed by atoms with Gasteiger partial charge in [-0.3, -0.25) is 0 Å². The summed E-state index contributed by atoms with van der Waals surface area (Å²) in [6, 6.07) is 9.68. The van der Waals surface area contributed by atoms with Crippen LogP contribution >= 0.6 is 0 Å². The van der Waals surface area contributed by atoms with Crippen LogP contribution in [-0.4, -0.2) is 0 Å². The Kier molecular flexibility index (Phi) is 4.91. The van der Waals surface area contributed by atoms with Crippen LogP contribution in [0.1, 0.15) is 88.3 Å². The summed E-state index contributed by atoms with van der Waals surface area (Å²) >= 11 is 0. The summed E-state index contributed by atoms with van der Waals surface area (Å²) in [6.07, 6.45) is 4.72. The van der Waals surface area contributed by atoms with Gasteiger partial charge in [-0.25, -0.2) is 0 Å². The fourth-order valence-electron chi connectivity index (χ4n) is 3.99. The average Bonchev–Trinajstić information content (AvgIpc) is 3.01. The van der Waals surface area contributed by atoms with Crippen molar-refractivity contribution in [2.24, 2.45) is 0 Å². The molecule has 0 aromatic heterocycles. The maximum absolute atomic E-state index is 2.46. The van der Waals surface area contributed by atoms with Gasteiger partial charge in [0, 0.05) is 0 Å². The van der Waals surface area contributed by atoms with Gasteiger partial charge in [-0.15, -0.1) is 0 Å². The highest BCUT2D eigenvalue weighted by molar-refractivity contribution is 5.83. The zero-order chi connectivity index (χ0) is 20.1. The summed E-state index contributed by atoms with van der Waals surface area (Å²) in [7, 11) is 0. The van der Waals surface area contributed by atoms with Crippen LogP contribution in [-0.2, 0) is 17.3 Å². The minimum Gasteiger partial charge on any atom is -0.0654 e. The molecule has 0 saturated carbocycles. The van der Waals surface area contributed by atoms with Crippen LogP contribution in [0.25, 0.3) is 17.2 Å². The first-order valence-electron chi connectivity index (χ1n) is 10.4. The van der Waals surface area contributed by atoms with Gasteiger partial charge in [0.25, 0.3) is 0 Å². The maximum atomic E-state index is 2.46. The Morgan fingerprint density at radius 2 is 1.37 bits per heavy atom. The van der Waals surface area contributed by atoms with Crippen molar-refractivity contribution in [3.8, 4) is 11.1 Å². The molecule has 2 aromatic carbocycles. The number of fused-ring (bicyclic) bond motifs is 1. The number of rotatable bonds is 2. The van der Waals surface area contributed by atoms with E-state index in [1.165, 1.54) is 38.9 Å². The van der Waals surface area contributed by atoms with Gasteiger partial charge >= 0.3 is 0 Å². The van der Waals surface area contributed by atoms with Gasteiger partial charge in [-0.05, 0) is 82.0 Å². The van der Waals surface area contributed by atoms with E-state index in [2.05, 4.69) is 92.7 Å². The second-order valence-electron chi connectivity index (χ2n) is 10.4. The third-order valence-corrected chi connectivity index (χ3v) is 6.20. The van der Waals surface area contributed by atoms with Crippen LogP contribution in [0.5, 0.6) is 0 Å². The molecule has 0 fully saturated rings. The van der Waals surface area contributed by atoms with E-state index in [0.717, 1.165) is 12.8 Å². The minimum atomic E-state index is 0.142. The normalized spacial score (nSPS) is 14.3. The molecule has 1 aliphatic rings. The molecule has 0 radical (unpaired) electrons. The molecule has 0 nitrogen and oxygen atoms in total. The first-order valence-corrected chi connectivity index (χ1v) is 10.4. The molecular formula is C27H36.